The fourth-order valence-corrected chi connectivity index (χ4v) is 2.69. The third kappa shape index (κ3) is 4.86. The van der Waals surface area contributed by atoms with Gasteiger partial charge in [0.25, 0.3) is 0 Å². The summed E-state index contributed by atoms with van der Waals surface area (Å²) in [6.45, 7) is 3.62. The van der Waals surface area contributed by atoms with Crippen molar-refractivity contribution in [2.75, 3.05) is 5.75 Å². The molecule has 2 atom stereocenters. The quantitative estimate of drug-likeness (QED) is 0.591. The molecule has 2 rings (SSSR count). The van der Waals surface area contributed by atoms with Crippen molar-refractivity contribution >= 4 is 24.5 Å². The molecule has 0 aliphatic carbocycles. The molecule has 5 heteroatoms. The van der Waals surface area contributed by atoms with Crippen LogP contribution in [-0.4, -0.2) is 23.7 Å². The van der Waals surface area contributed by atoms with Crippen molar-refractivity contribution < 1.29 is 14.3 Å². The molecule has 0 spiro atoms. The highest BCUT2D eigenvalue weighted by Crippen LogP contribution is 2.25. The molecule has 4 nitrogen and oxygen atoms in total. The normalized spacial score (nSPS) is 14.2. The summed E-state index contributed by atoms with van der Waals surface area (Å²) in [7, 11) is 0. The number of hydrogen-bond acceptors (Lipinski definition) is 4. The Bertz CT molecular complexity index is 705. The first-order chi connectivity index (χ1) is 12.0. The maximum absolute atomic E-state index is 12.7. The van der Waals surface area contributed by atoms with E-state index in [1.807, 2.05) is 67.6 Å². The summed E-state index contributed by atoms with van der Waals surface area (Å²) >= 11 is 4.34. The molecule has 2 aromatic carbocycles. The highest BCUT2D eigenvalue weighted by atomic mass is 32.1. The Morgan fingerprint density at radius 3 is 2.20 bits per heavy atom. The third-order valence-corrected chi connectivity index (χ3v) is 4.79. The molecule has 0 aromatic heterocycles. The van der Waals surface area contributed by atoms with Crippen molar-refractivity contribution in [2.24, 2.45) is 0 Å². The highest BCUT2D eigenvalue weighted by molar-refractivity contribution is 7.80. The number of ether oxygens (including phenoxy) is 1. The van der Waals surface area contributed by atoms with Crippen LogP contribution in [0.15, 0.2) is 60.7 Å². The van der Waals surface area contributed by atoms with Crippen molar-refractivity contribution in [1.82, 2.24) is 5.32 Å². The van der Waals surface area contributed by atoms with Crippen LogP contribution in [0.4, 0.5) is 0 Å². The second-order valence-corrected chi connectivity index (χ2v) is 6.46. The first-order valence-electron chi connectivity index (χ1n) is 8.15. The van der Waals surface area contributed by atoms with E-state index in [0.29, 0.717) is 5.75 Å². The SMILES string of the molecule is CC(NC(=O)C(C)(CS)c1ccccc1)C(=O)OCc1ccccc1. The molecule has 132 valence electrons. The maximum Gasteiger partial charge on any atom is 0.328 e. The summed E-state index contributed by atoms with van der Waals surface area (Å²) in [4.78, 5) is 24.9. The van der Waals surface area contributed by atoms with Crippen LogP contribution >= 0.6 is 12.6 Å². The molecule has 0 saturated heterocycles. The van der Waals surface area contributed by atoms with Crippen LogP contribution in [0.2, 0.25) is 0 Å². The summed E-state index contributed by atoms with van der Waals surface area (Å²) in [6, 6.07) is 18.1. The Morgan fingerprint density at radius 1 is 1.08 bits per heavy atom. The van der Waals surface area contributed by atoms with Gasteiger partial charge in [0.15, 0.2) is 0 Å². The van der Waals surface area contributed by atoms with Gasteiger partial charge in [-0.1, -0.05) is 60.7 Å². The zero-order chi connectivity index (χ0) is 18.3. The Labute approximate surface area is 154 Å². The second-order valence-electron chi connectivity index (χ2n) is 6.14. The number of rotatable bonds is 7. The Balaban J connectivity index is 1.97. The van der Waals surface area contributed by atoms with Crippen molar-refractivity contribution in [1.29, 1.82) is 0 Å². The Hall–Kier alpha value is -2.27. The van der Waals surface area contributed by atoms with Crippen LogP contribution in [0, 0.1) is 0 Å². The van der Waals surface area contributed by atoms with Crippen LogP contribution < -0.4 is 5.32 Å². The van der Waals surface area contributed by atoms with Gasteiger partial charge in [0.05, 0.1) is 5.41 Å². The summed E-state index contributed by atoms with van der Waals surface area (Å²) in [5.74, 6) is -0.390. The lowest BCUT2D eigenvalue weighted by atomic mass is 9.83. The molecule has 0 saturated carbocycles. The van der Waals surface area contributed by atoms with E-state index in [2.05, 4.69) is 17.9 Å². The minimum absolute atomic E-state index is 0.183. The van der Waals surface area contributed by atoms with Crippen molar-refractivity contribution in [3.63, 3.8) is 0 Å². The lowest BCUT2D eigenvalue weighted by molar-refractivity contribution is -0.149. The number of carbonyl (C=O) groups is 2. The molecule has 2 unspecified atom stereocenters. The monoisotopic (exact) mass is 357 g/mol. The minimum atomic E-state index is -0.821. The summed E-state index contributed by atoms with van der Waals surface area (Å²) < 4.78 is 5.27. The van der Waals surface area contributed by atoms with Gasteiger partial charge in [0, 0.05) is 5.75 Å². The third-order valence-electron chi connectivity index (χ3n) is 4.15. The van der Waals surface area contributed by atoms with Crippen molar-refractivity contribution in [3.8, 4) is 0 Å². The number of thiol groups is 1. The smallest absolute Gasteiger partial charge is 0.328 e. The highest BCUT2D eigenvalue weighted by Gasteiger charge is 2.35. The number of amides is 1. The lowest BCUT2D eigenvalue weighted by Crippen LogP contribution is -2.49. The van der Waals surface area contributed by atoms with Gasteiger partial charge in [-0.3, -0.25) is 4.79 Å². The van der Waals surface area contributed by atoms with Crippen LogP contribution in [0.3, 0.4) is 0 Å². The lowest BCUT2D eigenvalue weighted by Gasteiger charge is -2.28. The van der Waals surface area contributed by atoms with Gasteiger partial charge in [0.1, 0.15) is 12.6 Å². The number of benzene rings is 2. The zero-order valence-electron chi connectivity index (χ0n) is 14.4. The molecule has 1 amide bonds. The van der Waals surface area contributed by atoms with Crippen LogP contribution in [0.25, 0.3) is 0 Å². The molecule has 0 aliphatic heterocycles. The fraction of sp³-hybridized carbons (Fsp3) is 0.300. The number of nitrogens with one attached hydrogen (secondary N) is 1. The van der Waals surface area contributed by atoms with Gasteiger partial charge >= 0.3 is 5.97 Å². The molecule has 0 fully saturated rings. The Kier molecular flexibility index (Phi) is 6.65. The standard InChI is InChI=1S/C20H23NO3S/c1-15(18(22)24-13-16-9-5-3-6-10-16)21-19(23)20(2,14-25)17-11-7-4-8-12-17/h3-12,15,25H,13-14H2,1-2H3,(H,21,23). The van der Waals surface area contributed by atoms with E-state index in [9.17, 15) is 9.59 Å². The summed E-state index contributed by atoms with van der Waals surface area (Å²) in [5, 5.41) is 2.74. The van der Waals surface area contributed by atoms with Crippen LogP contribution in [-0.2, 0) is 26.3 Å². The predicted octanol–water partition coefficient (Wildman–Crippen LogP) is 3.12. The minimum Gasteiger partial charge on any atom is -0.459 e. The average Bonchev–Trinajstić information content (AvgIpc) is 2.66. The van der Waals surface area contributed by atoms with Gasteiger partial charge in [-0.25, -0.2) is 4.79 Å². The molecular formula is C20H23NO3S. The molecule has 1 N–H and O–H groups in total. The van der Waals surface area contributed by atoms with E-state index >= 15 is 0 Å². The van der Waals surface area contributed by atoms with Crippen molar-refractivity contribution in [3.05, 3.63) is 71.8 Å². The van der Waals surface area contributed by atoms with E-state index in [4.69, 9.17) is 4.74 Å². The largest absolute Gasteiger partial charge is 0.459 e. The molecule has 0 heterocycles. The average molecular weight is 357 g/mol. The van der Waals surface area contributed by atoms with E-state index in [-0.39, 0.29) is 12.5 Å². The van der Waals surface area contributed by atoms with E-state index in [1.165, 1.54) is 0 Å². The van der Waals surface area contributed by atoms with E-state index < -0.39 is 17.4 Å². The molecule has 0 radical (unpaired) electrons. The van der Waals surface area contributed by atoms with Crippen molar-refractivity contribution in [2.45, 2.75) is 31.9 Å². The van der Waals surface area contributed by atoms with Gasteiger partial charge in [-0.05, 0) is 25.0 Å². The van der Waals surface area contributed by atoms with Gasteiger partial charge in [-0.15, -0.1) is 0 Å². The van der Waals surface area contributed by atoms with E-state index in [1.54, 1.807) is 6.92 Å². The predicted molar refractivity (Wildman–Crippen MR) is 101 cm³/mol. The second kappa shape index (κ2) is 8.72. The van der Waals surface area contributed by atoms with E-state index in [0.717, 1.165) is 11.1 Å². The molecule has 0 bridgehead atoms. The number of esters is 1. The number of hydrogen-bond donors (Lipinski definition) is 2. The summed E-state index contributed by atoms with van der Waals surface area (Å²) in [5.41, 5.74) is 0.935. The van der Waals surface area contributed by atoms with Crippen LogP contribution in [0.5, 0.6) is 0 Å². The Morgan fingerprint density at radius 2 is 1.64 bits per heavy atom. The first-order valence-corrected chi connectivity index (χ1v) is 8.78. The van der Waals surface area contributed by atoms with Gasteiger partial charge in [0.2, 0.25) is 5.91 Å². The zero-order valence-corrected chi connectivity index (χ0v) is 15.3. The topological polar surface area (TPSA) is 55.4 Å². The molecule has 0 aliphatic rings. The fourth-order valence-electron chi connectivity index (χ4n) is 2.37. The number of carbonyl (C=O) groups excluding carboxylic acids is 2. The maximum atomic E-state index is 12.7. The van der Waals surface area contributed by atoms with Gasteiger partial charge in [-0.2, -0.15) is 12.6 Å². The van der Waals surface area contributed by atoms with Crippen LogP contribution in [0.1, 0.15) is 25.0 Å². The molecular weight excluding hydrogens is 334 g/mol. The first kappa shape index (κ1) is 19.1. The molecule has 25 heavy (non-hydrogen) atoms. The summed E-state index contributed by atoms with van der Waals surface area (Å²) in [6.07, 6.45) is 0. The van der Waals surface area contributed by atoms with Gasteiger partial charge < -0.3 is 10.1 Å². The molecule has 2 aromatic rings.